The van der Waals surface area contributed by atoms with E-state index >= 15 is 0 Å². The van der Waals surface area contributed by atoms with E-state index in [1.54, 1.807) is 29.6 Å². The van der Waals surface area contributed by atoms with Gasteiger partial charge in [-0.1, -0.05) is 12.1 Å². The maximum Gasteiger partial charge on any atom is 0.161 e. The Morgan fingerprint density at radius 3 is 2.56 bits per heavy atom. The summed E-state index contributed by atoms with van der Waals surface area (Å²) in [6.45, 7) is -0.304. The smallest absolute Gasteiger partial charge is 0.161 e. The number of carboxylic acid groups (broad SMARTS) is 1. The third kappa shape index (κ3) is 4.11. The molecule has 0 radical (unpaired) electrons. The van der Waals surface area contributed by atoms with Crippen LogP contribution in [0.2, 0.25) is 0 Å². The number of hydrogen-bond acceptors (Lipinski definition) is 6. The van der Waals surface area contributed by atoms with Gasteiger partial charge in [0.15, 0.2) is 17.7 Å². The fourth-order valence-corrected chi connectivity index (χ4v) is 1.22. The average molecular weight is 256 g/mol. The fourth-order valence-electron chi connectivity index (χ4n) is 1.22. The molecule has 0 saturated heterocycles. The van der Waals surface area contributed by atoms with E-state index in [4.69, 9.17) is 9.47 Å². The number of amides is 1. The van der Waals surface area contributed by atoms with Crippen LogP contribution in [0.3, 0.4) is 0 Å². The van der Waals surface area contributed by atoms with Crippen LogP contribution in [-0.2, 0) is 0 Å². The number of methoxy groups -OCH3 is 1. The van der Waals surface area contributed by atoms with Gasteiger partial charge in [-0.05, 0) is 12.1 Å². The van der Waals surface area contributed by atoms with Gasteiger partial charge < -0.3 is 34.9 Å². The van der Waals surface area contributed by atoms with Gasteiger partial charge in [0.2, 0.25) is 0 Å². The zero-order chi connectivity index (χ0) is 13.5. The summed E-state index contributed by atoms with van der Waals surface area (Å²) in [6, 6.07) is 6.73. The van der Waals surface area contributed by atoms with Crippen molar-refractivity contribution < 1.29 is 29.6 Å². The van der Waals surface area contributed by atoms with Crippen LogP contribution < -0.4 is 19.9 Å². The van der Waals surface area contributed by atoms with Crippen LogP contribution >= 0.6 is 0 Å². The summed E-state index contributed by atoms with van der Waals surface area (Å²) in [5.41, 5.74) is 0. The summed E-state index contributed by atoms with van der Waals surface area (Å²) in [4.78, 5) is 10.1. The first-order chi connectivity index (χ1) is 8.54. The van der Waals surface area contributed by atoms with Gasteiger partial charge in [-0.15, -0.1) is 0 Å². The number of aliphatic hydroxyl groups is 2. The van der Waals surface area contributed by atoms with Crippen molar-refractivity contribution in [3.63, 3.8) is 0 Å². The number of ether oxygens (including phenoxy) is 2. The molecular weight excluding hydrogens is 242 g/mol. The van der Waals surface area contributed by atoms with E-state index in [0.29, 0.717) is 11.5 Å². The van der Waals surface area contributed by atoms with E-state index in [1.165, 1.54) is 7.11 Å². The Kier molecular flexibility index (Phi) is 5.22. The quantitative estimate of drug-likeness (QED) is 0.545. The zero-order valence-electron chi connectivity index (χ0n) is 9.70. The van der Waals surface area contributed by atoms with Crippen LogP contribution in [0.5, 0.6) is 11.5 Å². The Hall–Kier alpha value is -1.99. The highest BCUT2D eigenvalue weighted by Crippen LogP contribution is 2.25. The maximum absolute atomic E-state index is 10.1. The topological polar surface area (TPSA) is 111 Å². The maximum atomic E-state index is 10.1. The number of hydrogen-bond donors (Lipinski definition) is 3. The van der Waals surface area contributed by atoms with Gasteiger partial charge in [0, 0.05) is 0 Å². The first kappa shape index (κ1) is 14.1. The van der Waals surface area contributed by atoms with Gasteiger partial charge in [0.25, 0.3) is 0 Å². The van der Waals surface area contributed by atoms with Crippen molar-refractivity contribution in [3.8, 4) is 11.5 Å². The van der Waals surface area contributed by atoms with E-state index in [0.717, 1.165) is 0 Å². The predicted molar refractivity (Wildman–Crippen MR) is 59.0 cm³/mol. The van der Waals surface area contributed by atoms with Gasteiger partial charge >= 0.3 is 0 Å². The molecule has 1 rings (SSSR count). The molecule has 3 N–H and O–H groups in total. The lowest BCUT2D eigenvalue weighted by Gasteiger charge is -2.20. The van der Waals surface area contributed by atoms with Crippen LogP contribution in [0.1, 0.15) is 0 Å². The molecule has 18 heavy (non-hydrogen) atoms. The fraction of sp³-hybridized carbons (Fsp3) is 0.364. The van der Waals surface area contributed by atoms with Gasteiger partial charge in [0.1, 0.15) is 18.8 Å². The zero-order valence-corrected chi connectivity index (χ0v) is 9.70. The largest absolute Gasteiger partial charge is 0.530 e. The number of aliphatic hydroxyl groups excluding tert-OH is 2. The summed E-state index contributed by atoms with van der Waals surface area (Å²) in [5.74, 6) is 0.840. The number of nitrogens with one attached hydrogen (secondary N) is 1. The molecule has 2 atom stereocenters. The highest BCUT2D eigenvalue weighted by Gasteiger charge is 2.17. The number of rotatable bonds is 6. The number of carbonyl (C=O) groups is 1. The summed E-state index contributed by atoms with van der Waals surface area (Å²) >= 11 is 0. The van der Waals surface area contributed by atoms with Crippen molar-refractivity contribution in [1.29, 1.82) is 0 Å². The van der Waals surface area contributed by atoms with Crippen LogP contribution in [0.25, 0.3) is 0 Å². The Morgan fingerprint density at radius 1 is 1.39 bits per heavy atom. The molecule has 1 amide bonds. The number of para-hydroxylation sites is 2. The summed E-state index contributed by atoms with van der Waals surface area (Å²) in [6.07, 6.45) is -4.78. The molecule has 2 unspecified atom stereocenters. The number of benzene rings is 1. The van der Waals surface area contributed by atoms with Crippen molar-refractivity contribution in [2.45, 2.75) is 12.3 Å². The molecule has 100 valence electrons. The highest BCUT2D eigenvalue weighted by molar-refractivity contribution is 5.62. The normalized spacial score (nSPS) is 13.5. The average Bonchev–Trinajstić information content (AvgIpc) is 2.35. The van der Waals surface area contributed by atoms with E-state index in [1.807, 2.05) is 0 Å². The summed E-state index contributed by atoms with van der Waals surface area (Å²) < 4.78 is 10.2. The molecule has 0 aliphatic carbocycles. The Morgan fingerprint density at radius 2 is 2.00 bits per heavy atom. The Balaban J connectivity index is 2.51. The van der Waals surface area contributed by atoms with E-state index < -0.39 is 18.4 Å². The lowest BCUT2D eigenvalue weighted by atomic mass is 10.3. The van der Waals surface area contributed by atoms with Crippen molar-refractivity contribution >= 4 is 6.09 Å². The van der Waals surface area contributed by atoms with Gasteiger partial charge in [-0.2, -0.15) is 0 Å². The third-order valence-corrected chi connectivity index (χ3v) is 2.11. The Labute approximate surface area is 104 Å². The van der Waals surface area contributed by atoms with Gasteiger partial charge in [-0.25, -0.2) is 0 Å². The minimum atomic E-state index is -1.68. The Bertz CT molecular complexity index is 397. The predicted octanol–water partition coefficient (Wildman–Crippen LogP) is -1.31. The van der Waals surface area contributed by atoms with E-state index in [9.17, 15) is 20.1 Å². The highest BCUT2D eigenvalue weighted by atomic mass is 16.5. The van der Waals surface area contributed by atoms with Crippen molar-refractivity contribution in [1.82, 2.24) is 5.32 Å². The van der Waals surface area contributed by atoms with Crippen molar-refractivity contribution in [2.75, 3.05) is 13.7 Å². The molecule has 0 fully saturated rings. The molecule has 0 bridgehead atoms. The first-order valence-electron chi connectivity index (χ1n) is 5.14. The van der Waals surface area contributed by atoms with E-state index in [2.05, 4.69) is 0 Å². The standard InChI is InChI=1S/C11H15NO6/c1-17-8-4-2-3-5-9(8)18-6-7(13)10(14)12-11(15)16/h2-5,7,10,12-14H,6H2,1H3,(H,15,16)/p-1. The molecular formula is C11H14NO6-. The second-order valence-electron chi connectivity index (χ2n) is 3.41. The summed E-state index contributed by atoms with van der Waals surface area (Å²) in [5, 5.41) is 30.4. The van der Waals surface area contributed by atoms with Crippen LogP contribution in [-0.4, -0.2) is 42.4 Å². The van der Waals surface area contributed by atoms with E-state index in [-0.39, 0.29) is 6.61 Å². The third-order valence-electron chi connectivity index (χ3n) is 2.11. The molecule has 0 spiro atoms. The molecule has 0 aliphatic heterocycles. The molecule has 1 aromatic carbocycles. The van der Waals surface area contributed by atoms with Crippen molar-refractivity contribution in [2.24, 2.45) is 0 Å². The van der Waals surface area contributed by atoms with Gasteiger partial charge in [0.05, 0.1) is 7.11 Å². The van der Waals surface area contributed by atoms with Crippen LogP contribution in [0.4, 0.5) is 4.79 Å². The first-order valence-corrected chi connectivity index (χ1v) is 5.14. The molecule has 0 saturated carbocycles. The van der Waals surface area contributed by atoms with Crippen LogP contribution in [0.15, 0.2) is 24.3 Å². The second kappa shape index (κ2) is 6.67. The lowest BCUT2D eigenvalue weighted by Crippen LogP contribution is -2.50. The molecule has 0 heterocycles. The van der Waals surface area contributed by atoms with Gasteiger partial charge in [-0.3, -0.25) is 0 Å². The van der Waals surface area contributed by atoms with Crippen LogP contribution in [0, 0.1) is 0 Å². The summed E-state index contributed by atoms with van der Waals surface area (Å²) in [7, 11) is 1.46. The number of carbonyl (C=O) groups excluding carboxylic acids is 1. The van der Waals surface area contributed by atoms with Crippen molar-refractivity contribution in [3.05, 3.63) is 24.3 Å². The second-order valence-corrected chi connectivity index (χ2v) is 3.41. The monoisotopic (exact) mass is 256 g/mol. The molecule has 7 heteroatoms. The molecule has 1 aromatic rings. The minimum absolute atomic E-state index is 0.304. The molecule has 0 aliphatic rings. The lowest BCUT2D eigenvalue weighted by molar-refractivity contribution is -0.255. The SMILES string of the molecule is COc1ccccc1OCC(O)C(O)NC(=O)[O-]. The molecule has 0 aromatic heterocycles. The minimum Gasteiger partial charge on any atom is -0.530 e. The molecule has 7 nitrogen and oxygen atoms in total.